The fraction of sp³-hybridized carbons (Fsp3) is 0.643. The molecule has 2 rings (SSSR count). The van der Waals surface area contributed by atoms with E-state index in [1.165, 1.54) is 6.07 Å². The van der Waals surface area contributed by atoms with Crippen molar-refractivity contribution in [3.63, 3.8) is 0 Å². The molecule has 1 fully saturated rings. The van der Waals surface area contributed by atoms with Crippen LogP contribution in [0.15, 0.2) is 10.9 Å². The molecule has 1 aliphatic rings. The highest BCUT2D eigenvalue weighted by atomic mass is 35.5. The third-order valence-corrected chi connectivity index (χ3v) is 3.87. The van der Waals surface area contributed by atoms with Crippen LogP contribution in [-0.4, -0.2) is 35.1 Å². The number of aromatic nitrogens is 2. The Labute approximate surface area is 147 Å². The fourth-order valence-corrected chi connectivity index (χ4v) is 2.72. The highest BCUT2D eigenvalue weighted by Gasteiger charge is 2.31. The summed E-state index contributed by atoms with van der Waals surface area (Å²) in [5, 5.41) is 2.83. The average Bonchev–Trinajstić information content (AvgIpc) is 2.44. The first-order valence-electron chi connectivity index (χ1n) is 7.12. The van der Waals surface area contributed by atoms with E-state index < -0.39 is 0 Å². The van der Waals surface area contributed by atoms with E-state index in [4.69, 9.17) is 10.5 Å². The summed E-state index contributed by atoms with van der Waals surface area (Å²) in [7, 11) is 1.62. The fourth-order valence-electron chi connectivity index (χ4n) is 2.72. The van der Waals surface area contributed by atoms with Gasteiger partial charge in [0, 0.05) is 25.1 Å². The van der Waals surface area contributed by atoms with E-state index in [0.717, 1.165) is 12.8 Å². The van der Waals surface area contributed by atoms with Gasteiger partial charge in [0.05, 0.1) is 18.3 Å². The summed E-state index contributed by atoms with van der Waals surface area (Å²) < 4.78 is 5.32. The Morgan fingerprint density at radius 3 is 2.78 bits per heavy atom. The van der Waals surface area contributed by atoms with E-state index in [1.54, 1.807) is 14.0 Å². The number of methoxy groups -OCH3 is 1. The van der Waals surface area contributed by atoms with E-state index in [9.17, 15) is 9.59 Å². The van der Waals surface area contributed by atoms with Crippen LogP contribution in [0.1, 0.15) is 30.8 Å². The van der Waals surface area contributed by atoms with Crippen molar-refractivity contribution >= 4 is 30.7 Å². The Bertz CT molecular complexity index is 567. The molecule has 1 amide bonds. The number of H-pyrrole nitrogens is 1. The van der Waals surface area contributed by atoms with Gasteiger partial charge in [0.25, 0.3) is 5.56 Å². The summed E-state index contributed by atoms with van der Waals surface area (Å²) in [5.41, 5.74) is 6.29. The number of hydrogen-bond acceptors (Lipinski definition) is 5. The molecular weight excluding hydrogens is 343 g/mol. The van der Waals surface area contributed by atoms with Crippen LogP contribution in [-0.2, 0) is 16.1 Å². The number of carbonyl (C=O) groups is 1. The highest BCUT2D eigenvalue weighted by Crippen LogP contribution is 2.25. The van der Waals surface area contributed by atoms with Gasteiger partial charge in [0.1, 0.15) is 5.82 Å². The summed E-state index contributed by atoms with van der Waals surface area (Å²) in [5.74, 6) is 0.399. The van der Waals surface area contributed by atoms with E-state index >= 15 is 0 Å². The van der Waals surface area contributed by atoms with Crippen molar-refractivity contribution in [1.82, 2.24) is 15.3 Å². The smallest absolute Gasteiger partial charge is 0.251 e. The number of carbonyl (C=O) groups excluding carboxylic acids is 1. The zero-order valence-corrected chi connectivity index (χ0v) is 14.8. The van der Waals surface area contributed by atoms with Crippen LogP contribution in [0.25, 0.3) is 0 Å². The standard InChI is InChI=1S/C14H22N4O3.2ClH/c1-8-17-10(6-13(19)18-8)7-16-14(20)9-3-4-11(15)12(5-9)21-2;;/h6,9,11-12H,3-5,7,15H2,1-2H3,(H,16,20)(H,17,18,19);2*1H/t9-,11+,12+;;/m0../s1. The summed E-state index contributed by atoms with van der Waals surface area (Å²) in [6.45, 7) is 1.96. The second-order valence-electron chi connectivity index (χ2n) is 5.49. The number of rotatable bonds is 4. The molecule has 132 valence electrons. The van der Waals surface area contributed by atoms with Crippen molar-refractivity contribution < 1.29 is 9.53 Å². The van der Waals surface area contributed by atoms with Crippen molar-refractivity contribution in [3.05, 3.63) is 27.9 Å². The lowest BCUT2D eigenvalue weighted by Gasteiger charge is -2.32. The molecule has 9 heteroatoms. The molecule has 1 aromatic heterocycles. The molecule has 1 aliphatic carbocycles. The van der Waals surface area contributed by atoms with Gasteiger partial charge in [-0.25, -0.2) is 4.98 Å². The maximum Gasteiger partial charge on any atom is 0.251 e. The minimum Gasteiger partial charge on any atom is -0.380 e. The monoisotopic (exact) mass is 366 g/mol. The molecule has 0 unspecified atom stereocenters. The lowest BCUT2D eigenvalue weighted by molar-refractivity contribution is -0.128. The molecule has 1 aromatic rings. The van der Waals surface area contributed by atoms with E-state index in [0.29, 0.717) is 17.9 Å². The van der Waals surface area contributed by atoms with Gasteiger partial charge < -0.3 is 20.8 Å². The second kappa shape index (κ2) is 9.87. The molecule has 0 spiro atoms. The molecule has 0 aliphatic heterocycles. The lowest BCUT2D eigenvalue weighted by atomic mass is 9.83. The molecule has 23 heavy (non-hydrogen) atoms. The van der Waals surface area contributed by atoms with E-state index in [2.05, 4.69) is 15.3 Å². The average molecular weight is 367 g/mol. The molecule has 0 bridgehead atoms. The minimum absolute atomic E-state index is 0. The molecule has 7 nitrogen and oxygen atoms in total. The summed E-state index contributed by atoms with van der Waals surface area (Å²) in [6.07, 6.45) is 2.09. The number of nitrogens with two attached hydrogens (primary N) is 1. The number of halogens is 2. The summed E-state index contributed by atoms with van der Waals surface area (Å²) in [4.78, 5) is 30.3. The maximum absolute atomic E-state index is 12.2. The van der Waals surface area contributed by atoms with Crippen LogP contribution < -0.4 is 16.6 Å². The van der Waals surface area contributed by atoms with E-state index in [1.807, 2.05) is 0 Å². The molecule has 0 saturated heterocycles. The first-order valence-corrected chi connectivity index (χ1v) is 7.12. The lowest BCUT2D eigenvalue weighted by Crippen LogP contribution is -2.45. The normalized spacial score (nSPS) is 23.3. The molecular formula is C14H24Cl2N4O3. The van der Waals surface area contributed by atoms with Gasteiger partial charge in [-0.05, 0) is 26.2 Å². The maximum atomic E-state index is 12.2. The summed E-state index contributed by atoms with van der Waals surface area (Å²) in [6, 6.07) is 1.39. The Hall–Kier alpha value is -1.15. The van der Waals surface area contributed by atoms with Crippen molar-refractivity contribution in [3.8, 4) is 0 Å². The van der Waals surface area contributed by atoms with Crippen LogP contribution in [0.4, 0.5) is 0 Å². The second-order valence-corrected chi connectivity index (χ2v) is 5.49. The topological polar surface area (TPSA) is 110 Å². The van der Waals surface area contributed by atoms with Crippen LogP contribution in [0.2, 0.25) is 0 Å². The minimum atomic E-state index is -0.213. The first-order chi connectivity index (χ1) is 9.99. The zero-order chi connectivity index (χ0) is 15.4. The van der Waals surface area contributed by atoms with Crippen LogP contribution in [0, 0.1) is 12.8 Å². The van der Waals surface area contributed by atoms with Crippen molar-refractivity contribution in [2.75, 3.05) is 7.11 Å². The number of nitrogens with zero attached hydrogens (tertiary/aromatic N) is 1. The van der Waals surface area contributed by atoms with Gasteiger partial charge in [-0.3, -0.25) is 9.59 Å². The molecule has 1 saturated carbocycles. The Balaban J connectivity index is 0.00000242. The Morgan fingerprint density at radius 1 is 1.48 bits per heavy atom. The highest BCUT2D eigenvalue weighted by molar-refractivity contribution is 5.85. The number of ether oxygens (including phenoxy) is 1. The Morgan fingerprint density at radius 2 is 2.17 bits per heavy atom. The number of aromatic amines is 1. The Kier molecular flexibility index (Phi) is 9.38. The number of hydrogen-bond donors (Lipinski definition) is 3. The third kappa shape index (κ3) is 6.10. The van der Waals surface area contributed by atoms with Gasteiger partial charge in [-0.2, -0.15) is 0 Å². The SMILES string of the molecule is CO[C@@H]1C[C@@H](C(=O)NCc2cc(=O)[nH]c(C)n2)CC[C@H]1N.Cl.Cl. The zero-order valence-electron chi connectivity index (χ0n) is 13.2. The van der Waals surface area contributed by atoms with Crippen LogP contribution in [0.3, 0.4) is 0 Å². The van der Waals surface area contributed by atoms with Crippen molar-refractivity contribution in [2.45, 2.75) is 44.9 Å². The quantitative estimate of drug-likeness (QED) is 0.725. The summed E-state index contributed by atoms with van der Waals surface area (Å²) >= 11 is 0. The number of nitrogens with one attached hydrogen (secondary N) is 2. The van der Waals surface area contributed by atoms with Gasteiger partial charge in [0.2, 0.25) is 5.91 Å². The molecule has 1 heterocycles. The van der Waals surface area contributed by atoms with Crippen LogP contribution in [0.5, 0.6) is 0 Å². The molecule has 0 radical (unpaired) electrons. The van der Waals surface area contributed by atoms with Gasteiger partial charge >= 0.3 is 0 Å². The van der Waals surface area contributed by atoms with Gasteiger partial charge in [-0.15, -0.1) is 24.8 Å². The van der Waals surface area contributed by atoms with Crippen LogP contribution >= 0.6 is 24.8 Å². The molecule has 4 N–H and O–H groups in total. The first kappa shape index (κ1) is 21.9. The van der Waals surface area contributed by atoms with Gasteiger partial charge in [-0.1, -0.05) is 0 Å². The van der Waals surface area contributed by atoms with E-state index in [-0.39, 0.29) is 60.9 Å². The van der Waals surface area contributed by atoms with Crippen molar-refractivity contribution in [2.24, 2.45) is 11.7 Å². The van der Waals surface area contributed by atoms with Crippen molar-refractivity contribution in [1.29, 1.82) is 0 Å². The predicted molar refractivity (Wildman–Crippen MR) is 92.1 cm³/mol. The largest absolute Gasteiger partial charge is 0.380 e. The number of aryl methyl sites for hydroxylation is 1. The third-order valence-electron chi connectivity index (χ3n) is 3.87. The number of amides is 1. The van der Waals surface area contributed by atoms with Gasteiger partial charge in [0.15, 0.2) is 0 Å². The predicted octanol–water partition coefficient (Wildman–Crippen LogP) is 0.681. The molecule has 0 aromatic carbocycles. The molecule has 3 atom stereocenters.